The van der Waals surface area contributed by atoms with Crippen LogP contribution in [0.25, 0.3) is 0 Å². The second-order valence-corrected chi connectivity index (χ2v) is 6.24. The van der Waals surface area contributed by atoms with Gasteiger partial charge in [-0.1, -0.05) is 18.5 Å². The second kappa shape index (κ2) is 6.64. The fourth-order valence-corrected chi connectivity index (χ4v) is 2.64. The summed E-state index contributed by atoms with van der Waals surface area (Å²) >= 11 is 5.51. The number of anilines is 1. The normalized spacial score (nSPS) is 12.4. The van der Waals surface area contributed by atoms with Crippen LogP contribution in [0.5, 0.6) is 0 Å². The molecule has 4 nitrogen and oxygen atoms in total. The molecule has 1 aromatic rings. The van der Waals surface area contributed by atoms with E-state index in [0.717, 1.165) is 6.07 Å². The van der Waals surface area contributed by atoms with Gasteiger partial charge in [0.15, 0.2) is 0 Å². The van der Waals surface area contributed by atoms with E-state index in [4.69, 9.17) is 11.6 Å². The van der Waals surface area contributed by atoms with Gasteiger partial charge in [-0.2, -0.15) is 13.2 Å². The first-order chi connectivity index (χ1) is 9.15. The third kappa shape index (κ3) is 5.18. The second-order valence-electron chi connectivity index (χ2n) is 3.96. The van der Waals surface area contributed by atoms with Crippen LogP contribution in [-0.2, 0) is 16.2 Å². The predicted molar refractivity (Wildman–Crippen MR) is 72.4 cm³/mol. The Bertz CT molecular complexity index is 561. The average molecular weight is 331 g/mol. The van der Waals surface area contributed by atoms with Crippen LogP contribution in [0.3, 0.4) is 0 Å². The number of hydrogen-bond donors (Lipinski definition) is 2. The van der Waals surface area contributed by atoms with Crippen molar-refractivity contribution in [3.8, 4) is 0 Å². The molecule has 114 valence electrons. The summed E-state index contributed by atoms with van der Waals surface area (Å²) in [7, 11) is -3.86. The molecule has 0 spiro atoms. The minimum atomic E-state index is -4.69. The van der Waals surface area contributed by atoms with Gasteiger partial charge in [-0.15, -0.1) is 0 Å². The molecule has 0 aliphatic heterocycles. The maximum atomic E-state index is 12.8. The highest BCUT2D eigenvalue weighted by molar-refractivity contribution is 7.92. The van der Waals surface area contributed by atoms with E-state index in [9.17, 15) is 21.6 Å². The molecule has 0 aromatic heterocycles. The minimum absolute atomic E-state index is 0.118. The van der Waals surface area contributed by atoms with Crippen LogP contribution in [0.2, 0.25) is 5.02 Å². The highest BCUT2D eigenvalue weighted by Gasteiger charge is 2.34. The fraction of sp³-hybridized carbons (Fsp3) is 0.455. The van der Waals surface area contributed by atoms with Gasteiger partial charge in [0, 0.05) is 11.6 Å². The zero-order valence-electron chi connectivity index (χ0n) is 10.6. The van der Waals surface area contributed by atoms with Gasteiger partial charge in [0.2, 0.25) is 10.0 Å². The van der Waals surface area contributed by atoms with Crippen LogP contribution in [-0.4, -0.2) is 27.3 Å². The Morgan fingerprint density at radius 1 is 1.30 bits per heavy atom. The summed E-state index contributed by atoms with van der Waals surface area (Å²) in [6, 6.07) is 2.87. The fourth-order valence-electron chi connectivity index (χ4n) is 1.44. The minimum Gasteiger partial charge on any atom is -0.316 e. The van der Waals surface area contributed by atoms with Gasteiger partial charge in [0.05, 0.1) is 17.0 Å². The Hall–Kier alpha value is -0.990. The lowest BCUT2D eigenvalue weighted by molar-refractivity contribution is -0.136. The lowest BCUT2D eigenvalue weighted by atomic mass is 10.2. The molecule has 2 N–H and O–H groups in total. The smallest absolute Gasteiger partial charge is 0.316 e. The molecule has 0 radical (unpaired) electrons. The molecule has 0 unspecified atom stereocenters. The maximum Gasteiger partial charge on any atom is 0.418 e. The van der Waals surface area contributed by atoms with E-state index in [2.05, 4.69) is 5.32 Å². The van der Waals surface area contributed by atoms with Crippen molar-refractivity contribution in [2.24, 2.45) is 0 Å². The van der Waals surface area contributed by atoms with Crippen molar-refractivity contribution in [2.75, 3.05) is 23.6 Å². The molecular weight excluding hydrogens is 317 g/mol. The van der Waals surface area contributed by atoms with Crippen molar-refractivity contribution in [1.82, 2.24) is 5.32 Å². The van der Waals surface area contributed by atoms with E-state index in [0.29, 0.717) is 12.6 Å². The van der Waals surface area contributed by atoms with Gasteiger partial charge in [-0.3, -0.25) is 4.72 Å². The molecule has 0 saturated carbocycles. The molecule has 0 bridgehead atoms. The molecule has 0 aliphatic carbocycles. The van der Waals surface area contributed by atoms with Gasteiger partial charge in [0.1, 0.15) is 0 Å². The van der Waals surface area contributed by atoms with E-state index in [1.165, 1.54) is 6.07 Å². The summed E-state index contributed by atoms with van der Waals surface area (Å²) < 4.78 is 63.7. The third-order valence-corrected chi connectivity index (χ3v) is 3.86. The number of rotatable bonds is 6. The quantitative estimate of drug-likeness (QED) is 0.788. The van der Waals surface area contributed by atoms with E-state index >= 15 is 0 Å². The number of nitrogens with one attached hydrogen (secondary N) is 2. The van der Waals surface area contributed by atoms with Crippen molar-refractivity contribution in [3.63, 3.8) is 0 Å². The van der Waals surface area contributed by atoms with Crippen LogP contribution >= 0.6 is 11.6 Å². The first-order valence-corrected chi connectivity index (χ1v) is 7.76. The summed E-state index contributed by atoms with van der Waals surface area (Å²) in [5, 5.41) is 2.66. The molecule has 1 aromatic carbocycles. The predicted octanol–water partition coefficient (Wildman–Crippen LogP) is 2.71. The van der Waals surface area contributed by atoms with Crippen molar-refractivity contribution in [1.29, 1.82) is 0 Å². The van der Waals surface area contributed by atoms with E-state index in [1.54, 1.807) is 6.92 Å². The van der Waals surface area contributed by atoms with Crippen molar-refractivity contribution in [3.05, 3.63) is 28.8 Å². The van der Waals surface area contributed by atoms with E-state index in [-0.39, 0.29) is 17.3 Å². The lowest BCUT2D eigenvalue weighted by Gasteiger charge is -2.15. The summed E-state index contributed by atoms with van der Waals surface area (Å²) in [5.41, 5.74) is -1.64. The van der Waals surface area contributed by atoms with Crippen LogP contribution in [0.1, 0.15) is 12.5 Å². The van der Waals surface area contributed by atoms with Crippen LogP contribution < -0.4 is 10.0 Å². The summed E-state index contributed by atoms with van der Waals surface area (Å²) in [6.45, 7) is 2.52. The molecule has 9 heteroatoms. The number of alkyl halides is 3. The largest absolute Gasteiger partial charge is 0.418 e. The van der Waals surface area contributed by atoms with Crippen molar-refractivity contribution >= 4 is 27.3 Å². The third-order valence-electron chi connectivity index (χ3n) is 2.35. The maximum absolute atomic E-state index is 12.8. The SMILES string of the molecule is CCNCCS(=O)(=O)Nc1ccc(Cl)cc1C(F)(F)F. The highest BCUT2D eigenvalue weighted by Crippen LogP contribution is 2.36. The molecule has 0 heterocycles. The van der Waals surface area contributed by atoms with Crippen LogP contribution in [0, 0.1) is 0 Å². The number of hydrogen-bond acceptors (Lipinski definition) is 3. The Balaban J connectivity index is 2.98. The summed E-state index contributed by atoms with van der Waals surface area (Å²) in [4.78, 5) is 0. The van der Waals surface area contributed by atoms with Crippen molar-refractivity contribution < 1.29 is 21.6 Å². The van der Waals surface area contributed by atoms with Gasteiger partial charge >= 0.3 is 6.18 Å². The molecular formula is C11H14ClF3N2O2S. The lowest BCUT2D eigenvalue weighted by Crippen LogP contribution is -2.27. The zero-order chi connectivity index (χ0) is 15.4. The van der Waals surface area contributed by atoms with E-state index < -0.39 is 27.5 Å². The Kier molecular flexibility index (Phi) is 5.67. The topological polar surface area (TPSA) is 58.2 Å². The van der Waals surface area contributed by atoms with Crippen LogP contribution in [0.4, 0.5) is 18.9 Å². The van der Waals surface area contributed by atoms with E-state index in [1.807, 2.05) is 4.72 Å². The molecule has 0 amide bonds. The van der Waals surface area contributed by atoms with Gasteiger partial charge in [0.25, 0.3) is 0 Å². The highest BCUT2D eigenvalue weighted by atomic mass is 35.5. The number of sulfonamides is 1. The van der Waals surface area contributed by atoms with Crippen LogP contribution in [0.15, 0.2) is 18.2 Å². The summed E-state index contributed by atoms with van der Waals surface area (Å²) in [5.74, 6) is -0.319. The van der Waals surface area contributed by atoms with Gasteiger partial charge < -0.3 is 5.32 Å². The zero-order valence-corrected chi connectivity index (χ0v) is 12.2. The molecule has 0 aliphatic rings. The number of halogens is 4. The van der Waals surface area contributed by atoms with Crippen molar-refractivity contribution in [2.45, 2.75) is 13.1 Å². The Labute approximate surface area is 120 Å². The molecule has 20 heavy (non-hydrogen) atoms. The number of benzene rings is 1. The Morgan fingerprint density at radius 2 is 1.95 bits per heavy atom. The first-order valence-electron chi connectivity index (χ1n) is 5.73. The summed E-state index contributed by atoms with van der Waals surface area (Å²) in [6.07, 6.45) is -4.69. The van der Waals surface area contributed by atoms with Gasteiger partial charge in [-0.05, 0) is 24.7 Å². The standard InChI is InChI=1S/C11H14ClF3N2O2S/c1-2-16-5-6-20(18,19)17-10-4-3-8(12)7-9(10)11(13,14)15/h3-4,7,16-17H,2,5-6H2,1H3. The molecule has 0 saturated heterocycles. The first kappa shape index (κ1) is 17.1. The average Bonchev–Trinajstić information content (AvgIpc) is 2.30. The molecule has 1 rings (SSSR count). The van der Waals surface area contributed by atoms with Gasteiger partial charge in [-0.25, -0.2) is 8.42 Å². The monoisotopic (exact) mass is 330 g/mol. The molecule has 0 fully saturated rings. The molecule has 0 atom stereocenters. The Morgan fingerprint density at radius 3 is 2.50 bits per heavy atom.